The second-order valence-electron chi connectivity index (χ2n) is 3.45. The van der Waals surface area contributed by atoms with Gasteiger partial charge in [-0.3, -0.25) is 5.43 Å². The Kier molecular flexibility index (Phi) is 10.0. The maximum Gasteiger partial charge on any atom is 0.0312 e. The largest absolute Gasteiger partial charge is 0.255 e. The lowest BCUT2D eigenvalue weighted by atomic mass is 10.2. The molecule has 0 heterocycles. The average molecular weight is 196 g/mol. The summed E-state index contributed by atoms with van der Waals surface area (Å²) in [5, 5.41) is 2.13. The van der Waals surface area contributed by atoms with E-state index in [1.165, 1.54) is 25.7 Å². The van der Waals surface area contributed by atoms with Gasteiger partial charge in [-0.15, -0.1) is 13.2 Å². The molecule has 0 aliphatic carbocycles. The summed E-state index contributed by atoms with van der Waals surface area (Å²) in [6, 6.07) is 0. The maximum absolute atomic E-state index is 3.72. The van der Waals surface area contributed by atoms with Crippen molar-refractivity contribution in [3.8, 4) is 0 Å². The van der Waals surface area contributed by atoms with Gasteiger partial charge in [-0.1, -0.05) is 38.3 Å². The molecular weight excluding hydrogens is 172 g/mol. The zero-order valence-corrected chi connectivity index (χ0v) is 9.47. The minimum Gasteiger partial charge on any atom is -0.255 e. The van der Waals surface area contributed by atoms with Gasteiger partial charge in [0.05, 0.1) is 0 Å². The van der Waals surface area contributed by atoms with E-state index < -0.39 is 0 Å². The van der Waals surface area contributed by atoms with E-state index in [0.29, 0.717) is 0 Å². The first-order chi connectivity index (χ1) is 6.85. The van der Waals surface area contributed by atoms with Crippen LogP contribution in [0, 0.1) is 0 Å². The second kappa shape index (κ2) is 10.5. The summed E-state index contributed by atoms with van der Waals surface area (Å²) >= 11 is 0. The molecule has 0 aliphatic rings. The summed E-state index contributed by atoms with van der Waals surface area (Å²) < 4.78 is 0. The molecule has 14 heavy (non-hydrogen) atoms. The molecular formula is C12H24N2. The summed E-state index contributed by atoms with van der Waals surface area (Å²) in [5.41, 5.74) is 3.37. The number of hydrogen-bond acceptors (Lipinski definition) is 2. The van der Waals surface area contributed by atoms with Gasteiger partial charge in [-0.05, 0) is 6.42 Å². The fraction of sp³-hybridized carbons (Fsp3) is 0.667. The van der Waals surface area contributed by atoms with Crippen LogP contribution in [0.2, 0.25) is 0 Å². The Bertz CT molecular complexity index is 133. The zero-order chi connectivity index (χ0) is 10.6. The van der Waals surface area contributed by atoms with Gasteiger partial charge in [-0.25, -0.2) is 5.01 Å². The molecule has 0 saturated carbocycles. The van der Waals surface area contributed by atoms with E-state index in [2.05, 4.69) is 30.5 Å². The van der Waals surface area contributed by atoms with Gasteiger partial charge in [0.25, 0.3) is 0 Å². The normalized spacial score (nSPS) is 10.4. The number of nitrogens with zero attached hydrogens (tertiary/aromatic N) is 1. The van der Waals surface area contributed by atoms with Crippen molar-refractivity contribution in [2.45, 2.75) is 32.6 Å². The highest BCUT2D eigenvalue weighted by Crippen LogP contribution is 1.97. The maximum atomic E-state index is 3.72. The number of unbranched alkanes of at least 4 members (excludes halogenated alkanes) is 3. The molecule has 0 spiro atoms. The van der Waals surface area contributed by atoms with Crippen LogP contribution in [0.1, 0.15) is 32.6 Å². The molecule has 1 N–H and O–H groups in total. The van der Waals surface area contributed by atoms with E-state index in [4.69, 9.17) is 0 Å². The van der Waals surface area contributed by atoms with Crippen molar-refractivity contribution in [1.29, 1.82) is 0 Å². The summed E-state index contributed by atoms with van der Waals surface area (Å²) in [5.74, 6) is 0. The van der Waals surface area contributed by atoms with Crippen LogP contribution in [-0.4, -0.2) is 24.6 Å². The zero-order valence-electron chi connectivity index (χ0n) is 9.47. The molecule has 0 aromatic rings. The summed E-state index contributed by atoms with van der Waals surface area (Å²) in [6.45, 7) is 12.5. The van der Waals surface area contributed by atoms with Gasteiger partial charge in [0.15, 0.2) is 0 Å². The van der Waals surface area contributed by atoms with Crippen molar-refractivity contribution in [3.05, 3.63) is 25.3 Å². The van der Waals surface area contributed by atoms with Crippen LogP contribution in [0.15, 0.2) is 25.3 Å². The number of hydrazine groups is 1. The van der Waals surface area contributed by atoms with E-state index in [-0.39, 0.29) is 0 Å². The molecule has 2 nitrogen and oxygen atoms in total. The van der Waals surface area contributed by atoms with Crippen LogP contribution >= 0.6 is 0 Å². The summed E-state index contributed by atoms with van der Waals surface area (Å²) in [4.78, 5) is 0. The molecule has 0 saturated heterocycles. The van der Waals surface area contributed by atoms with Crippen molar-refractivity contribution in [1.82, 2.24) is 10.4 Å². The number of hydrogen-bond donors (Lipinski definition) is 1. The molecule has 0 aromatic carbocycles. The minimum absolute atomic E-state index is 0.875. The van der Waals surface area contributed by atoms with Crippen LogP contribution in [0.4, 0.5) is 0 Å². The molecule has 82 valence electrons. The Morgan fingerprint density at radius 3 is 2.21 bits per heavy atom. The van der Waals surface area contributed by atoms with Gasteiger partial charge in [-0.2, -0.15) is 0 Å². The third-order valence-electron chi connectivity index (χ3n) is 2.06. The SMILES string of the molecule is C=CCN(CC=C)NCCCCCC. The molecule has 0 rings (SSSR count). The molecule has 0 fully saturated rings. The lowest BCUT2D eigenvalue weighted by molar-refractivity contribution is 0.231. The third-order valence-corrected chi connectivity index (χ3v) is 2.06. The number of nitrogens with one attached hydrogen (secondary N) is 1. The fourth-order valence-electron chi connectivity index (χ4n) is 1.30. The highest BCUT2D eigenvalue weighted by atomic mass is 15.5. The Hall–Kier alpha value is -0.600. The predicted octanol–water partition coefficient (Wildman–Crippen LogP) is 2.75. The van der Waals surface area contributed by atoms with Crippen LogP contribution in [0.25, 0.3) is 0 Å². The first kappa shape index (κ1) is 13.4. The molecule has 0 radical (unpaired) electrons. The Labute approximate surface area is 88.7 Å². The fourth-order valence-corrected chi connectivity index (χ4v) is 1.30. The van der Waals surface area contributed by atoms with Crippen LogP contribution < -0.4 is 5.43 Å². The van der Waals surface area contributed by atoms with Crippen molar-refractivity contribution in [2.24, 2.45) is 0 Å². The minimum atomic E-state index is 0.875. The molecule has 0 amide bonds. The first-order valence-electron chi connectivity index (χ1n) is 5.55. The highest BCUT2D eigenvalue weighted by Gasteiger charge is 1.97. The van der Waals surface area contributed by atoms with Crippen LogP contribution in [0.5, 0.6) is 0 Å². The second-order valence-corrected chi connectivity index (χ2v) is 3.45. The van der Waals surface area contributed by atoms with Crippen LogP contribution in [0.3, 0.4) is 0 Å². The molecule has 0 bridgehead atoms. The van der Waals surface area contributed by atoms with E-state index in [1.54, 1.807) is 0 Å². The van der Waals surface area contributed by atoms with Gasteiger partial charge in [0.2, 0.25) is 0 Å². The quantitative estimate of drug-likeness (QED) is 0.328. The molecule has 0 aromatic heterocycles. The van der Waals surface area contributed by atoms with Crippen molar-refractivity contribution in [3.63, 3.8) is 0 Å². The standard InChI is InChI=1S/C12H24N2/c1-4-7-8-9-10-13-14(11-5-2)12-6-3/h5-6,13H,2-4,7-12H2,1H3. The molecule has 0 aliphatic heterocycles. The van der Waals surface area contributed by atoms with Crippen LogP contribution in [-0.2, 0) is 0 Å². The van der Waals surface area contributed by atoms with Gasteiger partial charge in [0.1, 0.15) is 0 Å². The van der Waals surface area contributed by atoms with Gasteiger partial charge < -0.3 is 0 Å². The summed E-state index contributed by atoms with van der Waals surface area (Å²) in [6.07, 6.45) is 9.01. The lowest BCUT2D eigenvalue weighted by Gasteiger charge is -2.19. The van der Waals surface area contributed by atoms with Gasteiger partial charge in [0, 0.05) is 19.6 Å². The Balaban J connectivity index is 3.39. The lowest BCUT2D eigenvalue weighted by Crippen LogP contribution is -2.38. The van der Waals surface area contributed by atoms with E-state index in [1.807, 2.05) is 12.2 Å². The predicted molar refractivity (Wildman–Crippen MR) is 64.1 cm³/mol. The average Bonchev–Trinajstić information content (AvgIpc) is 2.18. The smallest absolute Gasteiger partial charge is 0.0312 e. The highest BCUT2D eigenvalue weighted by molar-refractivity contribution is 4.77. The Morgan fingerprint density at radius 1 is 1.07 bits per heavy atom. The topological polar surface area (TPSA) is 15.3 Å². The van der Waals surface area contributed by atoms with E-state index in [9.17, 15) is 0 Å². The van der Waals surface area contributed by atoms with Crippen molar-refractivity contribution >= 4 is 0 Å². The van der Waals surface area contributed by atoms with E-state index >= 15 is 0 Å². The molecule has 0 unspecified atom stereocenters. The number of rotatable bonds is 10. The summed E-state index contributed by atoms with van der Waals surface area (Å²) in [7, 11) is 0. The third kappa shape index (κ3) is 8.02. The molecule has 2 heteroatoms. The first-order valence-corrected chi connectivity index (χ1v) is 5.55. The Morgan fingerprint density at radius 2 is 1.71 bits per heavy atom. The van der Waals surface area contributed by atoms with Crippen molar-refractivity contribution in [2.75, 3.05) is 19.6 Å². The van der Waals surface area contributed by atoms with E-state index in [0.717, 1.165) is 19.6 Å². The van der Waals surface area contributed by atoms with Crippen molar-refractivity contribution < 1.29 is 0 Å². The van der Waals surface area contributed by atoms with Gasteiger partial charge >= 0.3 is 0 Å². The molecule has 0 atom stereocenters. The monoisotopic (exact) mass is 196 g/mol.